The maximum absolute atomic E-state index is 13.3. The monoisotopic (exact) mass is 236 g/mol. The summed E-state index contributed by atoms with van der Waals surface area (Å²) >= 11 is 0. The summed E-state index contributed by atoms with van der Waals surface area (Å²) < 4.78 is 13.3. The SMILES string of the molecule is CC1(NCc2ccc(N)c(F)c2)CCCCC1. The van der Waals surface area contributed by atoms with E-state index in [2.05, 4.69) is 12.2 Å². The lowest BCUT2D eigenvalue weighted by Crippen LogP contribution is -2.43. The zero-order valence-electron chi connectivity index (χ0n) is 10.4. The summed E-state index contributed by atoms with van der Waals surface area (Å²) in [5, 5.41) is 3.55. The van der Waals surface area contributed by atoms with Crippen molar-refractivity contribution in [3.8, 4) is 0 Å². The first-order valence-corrected chi connectivity index (χ1v) is 6.38. The first-order valence-electron chi connectivity index (χ1n) is 6.38. The van der Waals surface area contributed by atoms with Crippen molar-refractivity contribution in [2.75, 3.05) is 5.73 Å². The molecule has 0 heterocycles. The molecular formula is C14H21FN2. The van der Waals surface area contributed by atoms with Gasteiger partial charge >= 0.3 is 0 Å². The Balaban J connectivity index is 1.94. The third kappa shape index (κ3) is 3.19. The maximum atomic E-state index is 13.3. The van der Waals surface area contributed by atoms with E-state index in [1.165, 1.54) is 38.2 Å². The molecule has 0 radical (unpaired) electrons. The van der Waals surface area contributed by atoms with Crippen LogP contribution >= 0.6 is 0 Å². The van der Waals surface area contributed by atoms with Gasteiger partial charge in [-0.1, -0.05) is 25.3 Å². The van der Waals surface area contributed by atoms with E-state index in [1.54, 1.807) is 6.07 Å². The number of benzene rings is 1. The molecule has 3 N–H and O–H groups in total. The summed E-state index contributed by atoms with van der Waals surface area (Å²) in [6.45, 7) is 2.98. The van der Waals surface area contributed by atoms with E-state index in [-0.39, 0.29) is 17.0 Å². The number of hydrogen-bond donors (Lipinski definition) is 2. The molecule has 94 valence electrons. The second-order valence-corrected chi connectivity index (χ2v) is 5.33. The molecule has 3 heteroatoms. The molecule has 0 unspecified atom stereocenters. The number of halogens is 1. The second kappa shape index (κ2) is 5.05. The Kier molecular flexibility index (Phi) is 3.67. The standard InChI is InChI=1S/C14H21FN2/c1-14(7-3-2-4-8-14)17-10-11-5-6-13(16)12(15)9-11/h5-6,9,17H,2-4,7-8,10,16H2,1H3. The van der Waals surface area contributed by atoms with Gasteiger partial charge in [-0.15, -0.1) is 0 Å². The Hall–Kier alpha value is -1.09. The number of hydrogen-bond acceptors (Lipinski definition) is 2. The molecular weight excluding hydrogens is 215 g/mol. The van der Waals surface area contributed by atoms with Gasteiger partial charge in [-0.3, -0.25) is 0 Å². The molecule has 2 nitrogen and oxygen atoms in total. The van der Waals surface area contributed by atoms with Gasteiger partial charge in [0.15, 0.2) is 0 Å². The first kappa shape index (κ1) is 12.4. The van der Waals surface area contributed by atoms with Gasteiger partial charge in [0, 0.05) is 12.1 Å². The molecule has 0 bridgehead atoms. The Morgan fingerprint density at radius 3 is 2.65 bits per heavy atom. The fraction of sp³-hybridized carbons (Fsp3) is 0.571. The fourth-order valence-electron chi connectivity index (χ4n) is 2.50. The minimum absolute atomic E-state index is 0.218. The fourth-order valence-corrected chi connectivity index (χ4v) is 2.50. The van der Waals surface area contributed by atoms with Gasteiger partial charge in [-0.25, -0.2) is 4.39 Å². The van der Waals surface area contributed by atoms with Gasteiger partial charge < -0.3 is 11.1 Å². The third-order valence-electron chi connectivity index (χ3n) is 3.74. The van der Waals surface area contributed by atoms with Gasteiger partial charge in [0.25, 0.3) is 0 Å². The van der Waals surface area contributed by atoms with Crippen LogP contribution in [0.3, 0.4) is 0 Å². The summed E-state index contributed by atoms with van der Waals surface area (Å²) in [4.78, 5) is 0. The predicted octanol–water partition coefficient (Wildman–Crippen LogP) is 3.22. The van der Waals surface area contributed by atoms with Crippen LogP contribution in [0, 0.1) is 5.82 Å². The van der Waals surface area contributed by atoms with Crippen LogP contribution in [0.1, 0.15) is 44.6 Å². The number of nitrogens with two attached hydrogens (primary N) is 1. The minimum atomic E-state index is -0.321. The summed E-state index contributed by atoms with van der Waals surface area (Å²) in [5.41, 5.74) is 6.86. The minimum Gasteiger partial charge on any atom is -0.396 e. The summed E-state index contributed by atoms with van der Waals surface area (Å²) in [5.74, 6) is -0.321. The molecule has 1 aliphatic carbocycles. The van der Waals surface area contributed by atoms with Crippen molar-refractivity contribution in [2.24, 2.45) is 0 Å². The van der Waals surface area contributed by atoms with E-state index in [0.29, 0.717) is 6.54 Å². The summed E-state index contributed by atoms with van der Waals surface area (Å²) in [7, 11) is 0. The molecule has 0 atom stereocenters. The molecule has 1 aromatic carbocycles. The smallest absolute Gasteiger partial charge is 0.146 e. The van der Waals surface area contributed by atoms with Gasteiger partial charge in [-0.05, 0) is 37.5 Å². The van der Waals surface area contributed by atoms with Crippen LogP contribution in [0.25, 0.3) is 0 Å². The van der Waals surface area contributed by atoms with E-state index < -0.39 is 0 Å². The summed E-state index contributed by atoms with van der Waals surface area (Å²) in [6, 6.07) is 5.04. The van der Waals surface area contributed by atoms with E-state index in [0.717, 1.165) is 5.56 Å². The summed E-state index contributed by atoms with van der Waals surface area (Å²) in [6.07, 6.45) is 6.35. The first-order chi connectivity index (χ1) is 8.09. The Morgan fingerprint density at radius 2 is 2.00 bits per heavy atom. The van der Waals surface area contributed by atoms with Gasteiger partial charge in [0.2, 0.25) is 0 Å². The molecule has 1 fully saturated rings. The zero-order chi connectivity index (χ0) is 12.3. The van der Waals surface area contributed by atoms with Crippen molar-refractivity contribution in [1.29, 1.82) is 0 Å². The van der Waals surface area contributed by atoms with Crippen molar-refractivity contribution >= 4 is 5.69 Å². The zero-order valence-corrected chi connectivity index (χ0v) is 10.4. The highest BCUT2D eigenvalue weighted by Crippen LogP contribution is 2.27. The van der Waals surface area contributed by atoms with Crippen molar-refractivity contribution < 1.29 is 4.39 Å². The predicted molar refractivity (Wildman–Crippen MR) is 69.1 cm³/mol. The lowest BCUT2D eigenvalue weighted by atomic mass is 9.83. The number of nitrogens with one attached hydrogen (secondary N) is 1. The van der Waals surface area contributed by atoms with Crippen LogP contribution in [0.2, 0.25) is 0 Å². The molecule has 0 amide bonds. The van der Waals surface area contributed by atoms with Crippen LogP contribution in [0.15, 0.2) is 18.2 Å². The van der Waals surface area contributed by atoms with Crippen molar-refractivity contribution in [1.82, 2.24) is 5.32 Å². The Morgan fingerprint density at radius 1 is 1.29 bits per heavy atom. The highest BCUT2D eigenvalue weighted by molar-refractivity contribution is 5.41. The molecule has 1 aromatic rings. The van der Waals surface area contributed by atoms with E-state index in [1.807, 2.05) is 6.07 Å². The van der Waals surface area contributed by atoms with Crippen LogP contribution in [0.4, 0.5) is 10.1 Å². The molecule has 0 spiro atoms. The quantitative estimate of drug-likeness (QED) is 0.791. The van der Waals surface area contributed by atoms with Crippen molar-refractivity contribution in [3.05, 3.63) is 29.6 Å². The second-order valence-electron chi connectivity index (χ2n) is 5.33. The average molecular weight is 236 g/mol. The number of anilines is 1. The van der Waals surface area contributed by atoms with Crippen LogP contribution < -0.4 is 11.1 Å². The normalized spacial score (nSPS) is 19.2. The molecule has 0 aliphatic heterocycles. The molecule has 2 rings (SSSR count). The molecule has 0 aromatic heterocycles. The molecule has 1 aliphatic rings. The van der Waals surface area contributed by atoms with Crippen LogP contribution in [-0.4, -0.2) is 5.54 Å². The third-order valence-corrected chi connectivity index (χ3v) is 3.74. The molecule has 1 saturated carbocycles. The van der Waals surface area contributed by atoms with Gasteiger partial charge in [0.05, 0.1) is 5.69 Å². The van der Waals surface area contributed by atoms with Gasteiger partial charge in [0.1, 0.15) is 5.82 Å². The number of rotatable bonds is 3. The Bertz CT molecular complexity index is 384. The average Bonchev–Trinajstić information content (AvgIpc) is 2.32. The van der Waals surface area contributed by atoms with E-state index >= 15 is 0 Å². The molecule has 17 heavy (non-hydrogen) atoms. The maximum Gasteiger partial charge on any atom is 0.146 e. The highest BCUT2D eigenvalue weighted by atomic mass is 19.1. The molecule has 0 saturated heterocycles. The number of nitrogen functional groups attached to an aromatic ring is 1. The highest BCUT2D eigenvalue weighted by Gasteiger charge is 2.25. The van der Waals surface area contributed by atoms with Crippen LogP contribution in [0.5, 0.6) is 0 Å². The van der Waals surface area contributed by atoms with Crippen molar-refractivity contribution in [2.45, 2.75) is 51.1 Å². The van der Waals surface area contributed by atoms with Crippen molar-refractivity contribution in [3.63, 3.8) is 0 Å². The Labute approximate surface area is 102 Å². The lowest BCUT2D eigenvalue weighted by Gasteiger charge is -2.34. The topological polar surface area (TPSA) is 38.0 Å². The van der Waals surface area contributed by atoms with E-state index in [4.69, 9.17) is 5.73 Å². The largest absolute Gasteiger partial charge is 0.396 e. The van der Waals surface area contributed by atoms with Gasteiger partial charge in [-0.2, -0.15) is 0 Å². The lowest BCUT2D eigenvalue weighted by molar-refractivity contribution is 0.252. The van der Waals surface area contributed by atoms with Crippen LogP contribution in [-0.2, 0) is 6.54 Å². The van der Waals surface area contributed by atoms with E-state index in [9.17, 15) is 4.39 Å².